The van der Waals surface area contributed by atoms with Crippen molar-refractivity contribution in [3.8, 4) is 5.88 Å². The first-order valence-electron chi connectivity index (χ1n) is 7.87. The number of carbonyl (C=O) groups is 1. The van der Waals surface area contributed by atoms with Gasteiger partial charge in [-0.3, -0.25) is 4.79 Å². The van der Waals surface area contributed by atoms with E-state index in [0.717, 1.165) is 11.1 Å². The van der Waals surface area contributed by atoms with E-state index < -0.39 is 6.10 Å². The van der Waals surface area contributed by atoms with E-state index in [4.69, 9.17) is 10.5 Å². The number of carbonyl (C=O) groups excluding carboxylic acids is 1. The van der Waals surface area contributed by atoms with Gasteiger partial charge in [0.25, 0.3) is 5.91 Å². The maximum Gasteiger partial charge on any atom is 0.251 e. The van der Waals surface area contributed by atoms with E-state index >= 15 is 0 Å². The van der Waals surface area contributed by atoms with Crippen molar-refractivity contribution < 1.29 is 14.6 Å². The number of hydrogen-bond donors (Lipinski definition) is 3. The molecule has 6 nitrogen and oxygen atoms in total. The Morgan fingerprint density at radius 2 is 2.08 bits per heavy atom. The number of aryl methyl sites for hydroxylation is 1. The highest BCUT2D eigenvalue weighted by atomic mass is 16.5. The molecule has 1 aromatic heterocycles. The average Bonchev–Trinajstić information content (AvgIpc) is 2.64. The fraction of sp³-hybridized carbons (Fsp3) is 0.333. The summed E-state index contributed by atoms with van der Waals surface area (Å²) in [5, 5.41) is 12.8. The van der Waals surface area contributed by atoms with Gasteiger partial charge in [0.2, 0.25) is 5.88 Å². The molecule has 4 N–H and O–H groups in total. The molecule has 0 aliphatic heterocycles. The van der Waals surface area contributed by atoms with Crippen molar-refractivity contribution in [1.29, 1.82) is 0 Å². The fourth-order valence-corrected chi connectivity index (χ4v) is 2.40. The molecule has 0 unspecified atom stereocenters. The number of hydrogen-bond acceptors (Lipinski definition) is 5. The van der Waals surface area contributed by atoms with E-state index in [1.165, 1.54) is 13.3 Å². The summed E-state index contributed by atoms with van der Waals surface area (Å²) in [6, 6.07) is 11.1. The molecule has 0 aliphatic rings. The Labute approximate surface area is 141 Å². The molecule has 24 heavy (non-hydrogen) atoms. The van der Waals surface area contributed by atoms with E-state index in [2.05, 4.69) is 10.3 Å². The van der Waals surface area contributed by atoms with Crippen molar-refractivity contribution in [2.24, 2.45) is 5.73 Å². The number of rotatable bonds is 8. The molecule has 1 heterocycles. The second-order valence-electron chi connectivity index (χ2n) is 5.46. The van der Waals surface area contributed by atoms with Crippen LogP contribution < -0.4 is 15.8 Å². The molecule has 2 rings (SSSR count). The number of methoxy groups -OCH3 is 1. The summed E-state index contributed by atoms with van der Waals surface area (Å²) in [6.07, 6.45) is 2.15. The van der Waals surface area contributed by atoms with Crippen LogP contribution in [0.4, 0.5) is 0 Å². The minimum Gasteiger partial charge on any atom is -0.481 e. The third kappa shape index (κ3) is 5.04. The van der Waals surface area contributed by atoms with Gasteiger partial charge >= 0.3 is 0 Å². The van der Waals surface area contributed by atoms with Crippen LogP contribution in [0.5, 0.6) is 5.88 Å². The van der Waals surface area contributed by atoms with E-state index in [1.807, 2.05) is 24.3 Å². The van der Waals surface area contributed by atoms with E-state index in [9.17, 15) is 9.90 Å². The molecule has 0 bridgehead atoms. The minimum absolute atomic E-state index is 0.189. The number of aromatic nitrogens is 1. The van der Waals surface area contributed by atoms with Crippen molar-refractivity contribution in [3.63, 3.8) is 0 Å². The van der Waals surface area contributed by atoms with Gasteiger partial charge in [0.1, 0.15) is 0 Å². The zero-order chi connectivity index (χ0) is 17.4. The summed E-state index contributed by atoms with van der Waals surface area (Å²) in [7, 11) is 1.49. The van der Waals surface area contributed by atoms with Crippen molar-refractivity contribution in [3.05, 3.63) is 59.3 Å². The molecular formula is C18H23N3O3. The summed E-state index contributed by atoms with van der Waals surface area (Å²) in [5.74, 6) is 0.110. The monoisotopic (exact) mass is 329 g/mol. The topological polar surface area (TPSA) is 97.5 Å². The summed E-state index contributed by atoms with van der Waals surface area (Å²) in [5.41, 5.74) is 8.37. The van der Waals surface area contributed by atoms with Crippen LogP contribution in [0.25, 0.3) is 0 Å². The van der Waals surface area contributed by atoms with Gasteiger partial charge in [-0.05, 0) is 30.0 Å². The van der Waals surface area contributed by atoms with Gasteiger partial charge in [0.15, 0.2) is 0 Å². The van der Waals surface area contributed by atoms with Crippen LogP contribution in [0.3, 0.4) is 0 Å². The second kappa shape index (κ2) is 9.00. The van der Waals surface area contributed by atoms with Gasteiger partial charge in [-0.15, -0.1) is 0 Å². The van der Waals surface area contributed by atoms with Crippen LogP contribution in [0.15, 0.2) is 42.6 Å². The van der Waals surface area contributed by atoms with Gasteiger partial charge in [-0.25, -0.2) is 4.98 Å². The normalized spacial score (nSPS) is 11.8. The SMILES string of the molecule is COc1cc(C(=O)NC[C@@H](O)CCc2ccccc2CN)ccn1. The van der Waals surface area contributed by atoms with Gasteiger partial charge in [0, 0.05) is 30.9 Å². The summed E-state index contributed by atoms with van der Waals surface area (Å²) < 4.78 is 4.99. The molecule has 128 valence electrons. The first-order chi connectivity index (χ1) is 11.6. The van der Waals surface area contributed by atoms with Crippen LogP contribution in [0, 0.1) is 0 Å². The number of amides is 1. The van der Waals surface area contributed by atoms with Crippen LogP contribution in [0.2, 0.25) is 0 Å². The molecular weight excluding hydrogens is 306 g/mol. The zero-order valence-corrected chi connectivity index (χ0v) is 13.7. The smallest absolute Gasteiger partial charge is 0.251 e. The molecule has 0 aliphatic carbocycles. The number of pyridine rings is 1. The highest BCUT2D eigenvalue weighted by Crippen LogP contribution is 2.12. The molecule has 0 radical (unpaired) electrons. The number of nitrogens with zero attached hydrogens (tertiary/aromatic N) is 1. The molecule has 0 saturated carbocycles. The van der Waals surface area contributed by atoms with Crippen LogP contribution >= 0.6 is 0 Å². The van der Waals surface area contributed by atoms with Crippen LogP contribution in [-0.2, 0) is 13.0 Å². The quantitative estimate of drug-likeness (QED) is 0.678. The van der Waals surface area contributed by atoms with E-state index in [-0.39, 0.29) is 12.5 Å². The number of ether oxygens (including phenoxy) is 1. The number of benzene rings is 1. The Kier molecular flexibility index (Phi) is 6.72. The highest BCUT2D eigenvalue weighted by molar-refractivity contribution is 5.94. The minimum atomic E-state index is -0.622. The van der Waals surface area contributed by atoms with Gasteiger partial charge < -0.3 is 20.9 Å². The third-order valence-electron chi connectivity index (χ3n) is 3.79. The summed E-state index contributed by atoms with van der Waals surface area (Å²) >= 11 is 0. The standard InChI is InChI=1S/C18H23N3O3/c1-24-17-10-14(8-9-20-17)18(23)21-12-16(22)7-6-13-4-2-3-5-15(13)11-19/h2-5,8-10,16,22H,6-7,11-12,19H2,1H3,(H,21,23)/t16-/m0/s1. The van der Waals surface area contributed by atoms with Gasteiger partial charge in [0.05, 0.1) is 13.2 Å². The predicted molar refractivity (Wildman–Crippen MR) is 91.8 cm³/mol. The maximum absolute atomic E-state index is 12.1. The number of nitrogens with one attached hydrogen (secondary N) is 1. The zero-order valence-electron chi connectivity index (χ0n) is 13.7. The Morgan fingerprint density at radius 1 is 1.33 bits per heavy atom. The Morgan fingerprint density at radius 3 is 2.79 bits per heavy atom. The van der Waals surface area contributed by atoms with Crippen LogP contribution in [0.1, 0.15) is 27.9 Å². The van der Waals surface area contributed by atoms with Crippen molar-refractivity contribution in [1.82, 2.24) is 10.3 Å². The predicted octanol–water partition coefficient (Wildman–Crippen LogP) is 1.27. The molecule has 0 spiro atoms. The Hall–Kier alpha value is -2.44. The maximum atomic E-state index is 12.1. The van der Waals surface area contributed by atoms with Crippen molar-refractivity contribution >= 4 is 5.91 Å². The van der Waals surface area contributed by atoms with Crippen molar-refractivity contribution in [2.45, 2.75) is 25.5 Å². The summed E-state index contributed by atoms with van der Waals surface area (Å²) in [4.78, 5) is 16.0. The first-order valence-corrected chi connectivity index (χ1v) is 7.87. The third-order valence-corrected chi connectivity index (χ3v) is 3.79. The molecule has 2 aromatic rings. The molecule has 0 saturated heterocycles. The van der Waals surface area contributed by atoms with Gasteiger partial charge in [-0.1, -0.05) is 24.3 Å². The molecule has 0 fully saturated rings. The highest BCUT2D eigenvalue weighted by Gasteiger charge is 2.11. The van der Waals surface area contributed by atoms with Gasteiger partial charge in [-0.2, -0.15) is 0 Å². The first kappa shape index (κ1) is 17.9. The fourth-order valence-electron chi connectivity index (χ4n) is 2.40. The molecule has 6 heteroatoms. The molecule has 1 aromatic carbocycles. The van der Waals surface area contributed by atoms with Crippen LogP contribution in [-0.4, -0.2) is 35.8 Å². The lowest BCUT2D eigenvalue weighted by Gasteiger charge is -2.13. The van der Waals surface area contributed by atoms with E-state index in [0.29, 0.717) is 30.8 Å². The number of aliphatic hydroxyl groups excluding tert-OH is 1. The average molecular weight is 329 g/mol. The Bertz CT molecular complexity index is 676. The second-order valence-corrected chi connectivity index (χ2v) is 5.46. The Balaban J connectivity index is 1.82. The summed E-state index contributed by atoms with van der Waals surface area (Å²) in [6.45, 7) is 0.668. The number of aliphatic hydroxyl groups is 1. The lowest BCUT2D eigenvalue weighted by Crippen LogP contribution is -2.32. The molecule has 1 amide bonds. The lowest BCUT2D eigenvalue weighted by atomic mass is 10.0. The lowest BCUT2D eigenvalue weighted by molar-refractivity contribution is 0.0910. The molecule has 1 atom stereocenters. The number of nitrogens with two attached hydrogens (primary N) is 1. The largest absolute Gasteiger partial charge is 0.481 e. The van der Waals surface area contributed by atoms with E-state index in [1.54, 1.807) is 12.1 Å². The van der Waals surface area contributed by atoms with Crippen molar-refractivity contribution in [2.75, 3.05) is 13.7 Å².